The van der Waals surface area contributed by atoms with Crippen LogP contribution in [0.1, 0.15) is 79.2 Å². The molecule has 2 atom stereocenters. The van der Waals surface area contributed by atoms with Gasteiger partial charge in [-0.1, -0.05) is 43.2 Å². The molecule has 2 aromatic carbocycles. The summed E-state index contributed by atoms with van der Waals surface area (Å²) in [6, 6.07) is 12.5. The highest BCUT2D eigenvalue weighted by Crippen LogP contribution is 2.31. The van der Waals surface area contributed by atoms with Crippen molar-refractivity contribution in [2.75, 3.05) is 40.4 Å². The van der Waals surface area contributed by atoms with Gasteiger partial charge in [-0.2, -0.15) is 0 Å². The Balaban J connectivity index is 1.37. The van der Waals surface area contributed by atoms with Gasteiger partial charge in [-0.25, -0.2) is 0 Å². The summed E-state index contributed by atoms with van der Waals surface area (Å²) in [5.41, 5.74) is 6.30. The predicted molar refractivity (Wildman–Crippen MR) is 151 cm³/mol. The number of hydrogen-bond donors (Lipinski definition) is 0. The van der Waals surface area contributed by atoms with Crippen molar-refractivity contribution in [3.63, 3.8) is 0 Å². The average Bonchev–Trinajstić information content (AvgIpc) is 2.85. The number of para-hydroxylation sites is 1. The van der Waals surface area contributed by atoms with Crippen molar-refractivity contribution in [1.29, 1.82) is 0 Å². The molecule has 198 valence electrons. The Morgan fingerprint density at radius 3 is 1.83 bits per heavy atom. The fraction of sp³-hybridized carbons (Fsp3) is 0.625. The van der Waals surface area contributed by atoms with Crippen LogP contribution in [0.2, 0.25) is 0 Å². The van der Waals surface area contributed by atoms with E-state index in [2.05, 4.69) is 75.0 Å². The second kappa shape index (κ2) is 13.0. The highest BCUT2D eigenvalue weighted by Gasteiger charge is 2.20. The van der Waals surface area contributed by atoms with Crippen molar-refractivity contribution in [2.24, 2.45) is 0 Å². The van der Waals surface area contributed by atoms with Crippen molar-refractivity contribution in [1.82, 2.24) is 9.80 Å². The van der Waals surface area contributed by atoms with Crippen LogP contribution in [0.25, 0.3) is 0 Å². The summed E-state index contributed by atoms with van der Waals surface area (Å²) in [4.78, 5) is 5.01. The molecule has 0 amide bonds. The van der Waals surface area contributed by atoms with Crippen LogP contribution in [0.5, 0.6) is 11.5 Å². The molecule has 36 heavy (non-hydrogen) atoms. The zero-order valence-corrected chi connectivity index (χ0v) is 23.4. The van der Waals surface area contributed by atoms with E-state index in [9.17, 15) is 0 Å². The second-order valence-corrected chi connectivity index (χ2v) is 11.3. The lowest BCUT2D eigenvalue weighted by atomic mass is 9.97. The third kappa shape index (κ3) is 7.04. The van der Waals surface area contributed by atoms with Crippen LogP contribution in [0.15, 0.2) is 30.3 Å². The van der Waals surface area contributed by atoms with Gasteiger partial charge in [0.25, 0.3) is 0 Å². The number of aryl methyl sites for hydroxylation is 3. The number of ether oxygens (including phenoxy) is 2. The molecule has 2 aliphatic rings. The molecule has 2 unspecified atom stereocenters. The average molecular weight is 493 g/mol. The molecule has 0 bridgehead atoms. The van der Waals surface area contributed by atoms with Crippen LogP contribution >= 0.6 is 0 Å². The van der Waals surface area contributed by atoms with Gasteiger partial charge in [-0.05, 0) is 114 Å². The van der Waals surface area contributed by atoms with Crippen molar-refractivity contribution in [2.45, 2.75) is 90.6 Å². The smallest absolute Gasteiger partial charge is 0.125 e. The van der Waals surface area contributed by atoms with Gasteiger partial charge in [0, 0.05) is 18.5 Å². The number of piperidine rings is 2. The summed E-state index contributed by atoms with van der Waals surface area (Å²) < 4.78 is 12.8. The first-order valence-electron chi connectivity index (χ1n) is 14.3. The summed E-state index contributed by atoms with van der Waals surface area (Å²) in [5, 5.41) is 0. The molecular weight excluding hydrogens is 444 g/mol. The van der Waals surface area contributed by atoms with Gasteiger partial charge >= 0.3 is 0 Å². The zero-order chi connectivity index (χ0) is 25.5. The molecule has 4 heteroatoms. The van der Waals surface area contributed by atoms with Crippen LogP contribution in [0, 0.1) is 20.8 Å². The largest absolute Gasteiger partial charge is 0.493 e. The molecule has 0 spiro atoms. The second-order valence-electron chi connectivity index (χ2n) is 11.3. The number of hydrogen-bond acceptors (Lipinski definition) is 4. The fourth-order valence-electron chi connectivity index (χ4n) is 6.26. The molecular formula is C32H48N2O2. The van der Waals surface area contributed by atoms with Gasteiger partial charge in [0.05, 0.1) is 13.2 Å². The molecule has 2 heterocycles. The third-order valence-electron chi connectivity index (χ3n) is 8.45. The first kappa shape index (κ1) is 27.0. The summed E-state index contributed by atoms with van der Waals surface area (Å²) in [7, 11) is 4.52. The topological polar surface area (TPSA) is 24.9 Å². The molecule has 0 N–H and O–H groups in total. The summed E-state index contributed by atoms with van der Waals surface area (Å²) >= 11 is 0. The molecule has 2 aromatic rings. The van der Waals surface area contributed by atoms with E-state index in [0.717, 1.165) is 44.0 Å². The van der Waals surface area contributed by atoms with E-state index in [1.165, 1.54) is 79.4 Å². The Labute approximate surface area is 220 Å². The maximum absolute atomic E-state index is 6.44. The van der Waals surface area contributed by atoms with Gasteiger partial charge in [0.1, 0.15) is 11.5 Å². The summed E-state index contributed by atoms with van der Waals surface area (Å²) in [6.07, 6.45) is 11.1. The molecule has 2 aliphatic heterocycles. The van der Waals surface area contributed by atoms with E-state index < -0.39 is 0 Å². The predicted octanol–water partition coefficient (Wildman–Crippen LogP) is 6.71. The van der Waals surface area contributed by atoms with Gasteiger partial charge < -0.3 is 19.3 Å². The molecule has 2 fully saturated rings. The Kier molecular flexibility index (Phi) is 9.73. The van der Waals surface area contributed by atoms with Crippen LogP contribution in [0.3, 0.4) is 0 Å². The number of nitrogens with zero attached hydrogens (tertiary/aromatic N) is 2. The lowest BCUT2D eigenvalue weighted by Crippen LogP contribution is -2.37. The Morgan fingerprint density at radius 1 is 0.722 bits per heavy atom. The number of rotatable bonds is 10. The lowest BCUT2D eigenvalue weighted by Gasteiger charge is -2.32. The van der Waals surface area contributed by atoms with Crippen LogP contribution < -0.4 is 9.47 Å². The van der Waals surface area contributed by atoms with Crippen molar-refractivity contribution in [3.8, 4) is 11.5 Å². The van der Waals surface area contributed by atoms with Gasteiger partial charge in [0.15, 0.2) is 0 Å². The molecule has 0 aromatic heterocycles. The Bertz CT molecular complexity index is 965. The van der Waals surface area contributed by atoms with Crippen molar-refractivity contribution in [3.05, 3.63) is 58.1 Å². The fourth-order valence-corrected chi connectivity index (χ4v) is 6.26. The molecule has 4 nitrogen and oxygen atoms in total. The van der Waals surface area contributed by atoms with Gasteiger partial charge in [-0.3, -0.25) is 0 Å². The monoisotopic (exact) mass is 492 g/mol. The molecule has 0 aliphatic carbocycles. The normalized spacial score (nSPS) is 21.5. The van der Waals surface area contributed by atoms with Gasteiger partial charge in [-0.15, -0.1) is 0 Å². The first-order chi connectivity index (χ1) is 17.4. The van der Waals surface area contributed by atoms with E-state index in [1.807, 2.05) is 0 Å². The SMILES string of the molecule is Cc1cc(Cc2cccc(C)c2OCCC2CCCCN2C)cc(C)c1OCCC1CCCCN1C. The zero-order valence-electron chi connectivity index (χ0n) is 23.4. The minimum atomic E-state index is 0.655. The number of benzene rings is 2. The highest BCUT2D eigenvalue weighted by molar-refractivity contribution is 5.48. The maximum Gasteiger partial charge on any atom is 0.125 e. The van der Waals surface area contributed by atoms with E-state index >= 15 is 0 Å². The Hall–Kier alpha value is -2.04. The molecule has 2 saturated heterocycles. The lowest BCUT2D eigenvalue weighted by molar-refractivity contribution is 0.152. The van der Waals surface area contributed by atoms with E-state index in [1.54, 1.807) is 0 Å². The van der Waals surface area contributed by atoms with Crippen LogP contribution in [-0.2, 0) is 6.42 Å². The van der Waals surface area contributed by atoms with Crippen molar-refractivity contribution >= 4 is 0 Å². The minimum absolute atomic E-state index is 0.655. The quantitative estimate of drug-likeness (QED) is 0.368. The minimum Gasteiger partial charge on any atom is -0.493 e. The van der Waals surface area contributed by atoms with Gasteiger partial charge in [0.2, 0.25) is 0 Å². The Morgan fingerprint density at radius 2 is 1.28 bits per heavy atom. The first-order valence-corrected chi connectivity index (χ1v) is 14.3. The highest BCUT2D eigenvalue weighted by atomic mass is 16.5. The molecule has 0 radical (unpaired) electrons. The summed E-state index contributed by atoms with van der Waals surface area (Å²) in [6.45, 7) is 10.6. The van der Waals surface area contributed by atoms with Crippen LogP contribution in [0.4, 0.5) is 0 Å². The van der Waals surface area contributed by atoms with E-state index in [4.69, 9.17) is 9.47 Å². The standard InChI is InChI=1S/C32H48N2O2/c1-24-11-10-12-28(32(24)36-20-16-30-14-7-9-18-34(30)5)23-27-21-25(2)31(26(3)22-27)35-19-15-29-13-6-8-17-33(29)4/h10-12,21-22,29-30H,6-9,13-20,23H2,1-5H3. The van der Waals surface area contributed by atoms with Crippen LogP contribution in [-0.4, -0.2) is 62.3 Å². The van der Waals surface area contributed by atoms with Crippen molar-refractivity contribution < 1.29 is 9.47 Å². The molecule has 0 saturated carbocycles. The maximum atomic E-state index is 6.44. The van der Waals surface area contributed by atoms with E-state index in [-0.39, 0.29) is 0 Å². The third-order valence-corrected chi connectivity index (χ3v) is 8.45. The molecule has 4 rings (SSSR count). The summed E-state index contributed by atoms with van der Waals surface area (Å²) in [5.74, 6) is 2.14. The van der Waals surface area contributed by atoms with E-state index in [0.29, 0.717) is 12.1 Å². The number of likely N-dealkylation sites (tertiary alicyclic amines) is 2.